The van der Waals surface area contributed by atoms with Gasteiger partial charge >= 0.3 is 0 Å². The van der Waals surface area contributed by atoms with E-state index < -0.39 is 23.5 Å². The van der Waals surface area contributed by atoms with E-state index in [4.69, 9.17) is 11.6 Å². The highest BCUT2D eigenvalue weighted by Gasteiger charge is 2.20. The van der Waals surface area contributed by atoms with E-state index in [-0.39, 0.29) is 21.5 Å². The Morgan fingerprint density at radius 3 is 2.52 bits per heavy atom. The summed E-state index contributed by atoms with van der Waals surface area (Å²) in [5.41, 5.74) is 0.531. The average Bonchev–Trinajstić information content (AvgIpc) is 2.44. The van der Waals surface area contributed by atoms with Crippen LogP contribution in [0.15, 0.2) is 34.8 Å². The van der Waals surface area contributed by atoms with Crippen LogP contribution in [0.5, 0.6) is 0 Å². The minimum Gasteiger partial charge on any atom is -0.313 e. The largest absolute Gasteiger partial charge is 0.313 e. The van der Waals surface area contributed by atoms with E-state index in [1.54, 1.807) is 7.05 Å². The minimum atomic E-state index is -0.645. The van der Waals surface area contributed by atoms with Gasteiger partial charge in [-0.2, -0.15) is 0 Å². The number of rotatable bonds is 4. The summed E-state index contributed by atoms with van der Waals surface area (Å²) in [7, 11) is 1.65. The van der Waals surface area contributed by atoms with Crippen LogP contribution in [0.2, 0.25) is 5.02 Å². The lowest BCUT2D eigenvalue weighted by atomic mass is 9.98. The van der Waals surface area contributed by atoms with Crippen molar-refractivity contribution in [3.63, 3.8) is 0 Å². The van der Waals surface area contributed by atoms with Crippen molar-refractivity contribution in [3.05, 3.63) is 68.4 Å². The molecule has 1 nitrogen and oxygen atoms in total. The maximum Gasteiger partial charge on any atom is 0.143 e. The van der Waals surface area contributed by atoms with Gasteiger partial charge in [0.1, 0.15) is 17.5 Å². The van der Waals surface area contributed by atoms with Gasteiger partial charge < -0.3 is 5.32 Å². The molecule has 0 aromatic heterocycles. The molecule has 0 radical (unpaired) electrons. The molecule has 0 saturated carbocycles. The van der Waals surface area contributed by atoms with Crippen molar-refractivity contribution in [3.8, 4) is 0 Å². The maximum absolute atomic E-state index is 14.0. The summed E-state index contributed by atoms with van der Waals surface area (Å²) >= 11 is 9.04. The van der Waals surface area contributed by atoms with E-state index in [1.807, 2.05) is 0 Å². The molecule has 2 aromatic rings. The Balaban J connectivity index is 2.38. The maximum atomic E-state index is 14.0. The first-order valence-electron chi connectivity index (χ1n) is 6.18. The fourth-order valence-electron chi connectivity index (χ4n) is 2.11. The third-order valence-corrected chi connectivity index (χ3v) is 4.17. The Morgan fingerprint density at radius 2 is 1.90 bits per heavy atom. The van der Waals surface area contributed by atoms with Gasteiger partial charge in [-0.05, 0) is 59.2 Å². The van der Waals surface area contributed by atoms with E-state index in [1.165, 1.54) is 30.3 Å². The SMILES string of the molecule is CNC(Cc1c(F)ccc(Br)c1F)c1ccc(F)cc1Cl. The summed E-state index contributed by atoms with van der Waals surface area (Å²) in [5, 5.41) is 3.16. The fraction of sp³-hybridized carbons (Fsp3) is 0.200. The third kappa shape index (κ3) is 3.59. The van der Waals surface area contributed by atoms with Crippen LogP contribution in [-0.4, -0.2) is 7.05 Å². The number of benzene rings is 2. The van der Waals surface area contributed by atoms with Gasteiger partial charge in [0, 0.05) is 16.6 Å². The second-order valence-electron chi connectivity index (χ2n) is 4.53. The fourth-order valence-corrected chi connectivity index (χ4v) is 2.78. The summed E-state index contributed by atoms with van der Waals surface area (Å²) in [6, 6.07) is 6.02. The standard InChI is InChI=1S/C15H12BrClF3N/c1-21-14(9-3-2-8(18)6-12(9)17)7-10-13(19)5-4-11(16)15(10)20/h2-6,14,21H,7H2,1H3. The number of nitrogens with one attached hydrogen (secondary N) is 1. The van der Waals surface area contributed by atoms with Crippen LogP contribution in [-0.2, 0) is 6.42 Å². The molecule has 0 aliphatic heterocycles. The molecule has 112 valence electrons. The molecule has 0 aliphatic rings. The molecule has 0 aliphatic carbocycles. The first-order valence-corrected chi connectivity index (χ1v) is 7.35. The predicted octanol–water partition coefficient (Wildman–Crippen LogP) is 5.02. The zero-order chi connectivity index (χ0) is 15.6. The van der Waals surface area contributed by atoms with E-state index in [2.05, 4.69) is 21.2 Å². The molecular formula is C15H12BrClF3N. The Morgan fingerprint density at radius 1 is 1.19 bits per heavy atom. The van der Waals surface area contributed by atoms with E-state index in [0.29, 0.717) is 5.56 Å². The number of hydrogen-bond donors (Lipinski definition) is 1. The minimum absolute atomic E-state index is 0.0517. The van der Waals surface area contributed by atoms with Gasteiger partial charge in [0.05, 0.1) is 4.47 Å². The molecule has 0 heterocycles. The molecule has 1 unspecified atom stereocenters. The molecular weight excluding hydrogens is 367 g/mol. The highest BCUT2D eigenvalue weighted by atomic mass is 79.9. The monoisotopic (exact) mass is 377 g/mol. The first kappa shape index (κ1) is 16.3. The van der Waals surface area contributed by atoms with E-state index >= 15 is 0 Å². The lowest BCUT2D eigenvalue weighted by molar-refractivity contribution is 0.512. The topological polar surface area (TPSA) is 12.0 Å². The van der Waals surface area contributed by atoms with Crippen molar-refractivity contribution in [1.82, 2.24) is 5.32 Å². The Labute approximate surface area is 134 Å². The van der Waals surface area contributed by atoms with E-state index in [9.17, 15) is 13.2 Å². The predicted molar refractivity (Wildman–Crippen MR) is 81.0 cm³/mol. The second kappa shape index (κ2) is 6.81. The van der Waals surface area contributed by atoms with Gasteiger partial charge in [0.25, 0.3) is 0 Å². The van der Waals surface area contributed by atoms with Crippen molar-refractivity contribution in [2.75, 3.05) is 7.05 Å². The van der Waals surface area contributed by atoms with Crippen LogP contribution in [0.4, 0.5) is 13.2 Å². The van der Waals surface area contributed by atoms with Crippen LogP contribution in [0.3, 0.4) is 0 Å². The molecule has 2 rings (SSSR count). The number of hydrogen-bond acceptors (Lipinski definition) is 1. The Kier molecular flexibility index (Phi) is 5.30. The second-order valence-corrected chi connectivity index (χ2v) is 5.79. The van der Waals surface area contributed by atoms with Crippen molar-refractivity contribution in [2.45, 2.75) is 12.5 Å². The summed E-state index contributed by atoms with van der Waals surface area (Å²) in [5.74, 6) is -1.74. The summed E-state index contributed by atoms with van der Waals surface area (Å²) < 4.78 is 41.1. The lowest BCUT2D eigenvalue weighted by Crippen LogP contribution is -2.20. The van der Waals surface area contributed by atoms with Gasteiger partial charge in [-0.15, -0.1) is 0 Å². The van der Waals surface area contributed by atoms with Gasteiger partial charge in [-0.3, -0.25) is 0 Å². The van der Waals surface area contributed by atoms with Crippen LogP contribution >= 0.6 is 27.5 Å². The van der Waals surface area contributed by atoms with E-state index in [0.717, 1.165) is 0 Å². The van der Waals surface area contributed by atoms with Gasteiger partial charge in [0.2, 0.25) is 0 Å². The third-order valence-electron chi connectivity index (χ3n) is 3.23. The highest BCUT2D eigenvalue weighted by Crippen LogP contribution is 2.30. The molecule has 0 spiro atoms. The van der Waals surface area contributed by atoms with Crippen LogP contribution in [0.1, 0.15) is 17.2 Å². The van der Waals surface area contributed by atoms with Crippen LogP contribution in [0, 0.1) is 17.5 Å². The number of halogens is 5. The normalized spacial score (nSPS) is 12.5. The van der Waals surface area contributed by atoms with Crippen molar-refractivity contribution in [2.24, 2.45) is 0 Å². The van der Waals surface area contributed by atoms with Crippen molar-refractivity contribution in [1.29, 1.82) is 0 Å². The van der Waals surface area contributed by atoms with Crippen LogP contribution < -0.4 is 5.32 Å². The molecule has 0 amide bonds. The molecule has 6 heteroatoms. The highest BCUT2D eigenvalue weighted by molar-refractivity contribution is 9.10. The molecule has 2 aromatic carbocycles. The number of likely N-dealkylation sites (N-methyl/N-ethyl adjacent to an activating group) is 1. The Bertz CT molecular complexity index is 664. The van der Waals surface area contributed by atoms with Crippen LogP contribution in [0.25, 0.3) is 0 Å². The smallest absolute Gasteiger partial charge is 0.143 e. The van der Waals surface area contributed by atoms with Gasteiger partial charge in [0.15, 0.2) is 0 Å². The molecule has 21 heavy (non-hydrogen) atoms. The summed E-state index contributed by atoms with van der Waals surface area (Å²) in [6.07, 6.45) is 0.0545. The molecule has 0 fully saturated rings. The van der Waals surface area contributed by atoms with Crippen molar-refractivity contribution < 1.29 is 13.2 Å². The zero-order valence-corrected chi connectivity index (χ0v) is 13.4. The molecule has 1 atom stereocenters. The van der Waals surface area contributed by atoms with Gasteiger partial charge in [-0.1, -0.05) is 17.7 Å². The van der Waals surface area contributed by atoms with Crippen molar-refractivity contribution >= 4 is 27.5 Å². The molecule has 0 saturated heterocycles. The first-order chi connectivity index (χ1) is 9.93. The summed E-state index contributed by atoms with van der Waals surface area (Å²) in [6.45, 7) is 0. The average molecular weight is 379 g/mol. The lowest BCUT2D eigenvalue weighted by Gasteiger charge is -2.19. The van der Waals surface area contributed by atoms with Gasteiger partial charge in [-0.25, -0.2) is 13.2 Å². The quantitative estimate of drug-likeness (QED) is 0.736. The summed E-state index contributed by atoms with van der Waals surface area (Å²) in [4.78, 5) is 0. The molecule has 0 bridgehead atoms. The molecule has 1 N–H and O–H groups in total. The zero-order valence-electron chi connectivity index (χ0n) is 11.1. The Hall–Kier alpha value is -1.04.